The molecule has 0 saturated carbocycles. The molecule has 0 saturated heterocycles. The van der Waals surface area contributed by atoms with Crippen molar-refractivity contribution in [3.05, 3.63) is 0 Å². The monoisotopic (exact) mass is 282 g/mol. The molecule has 6 heteroatoms. The van der Waals surface area contributed by atoms with Gasteiger partial charge in [-0.15, -0.1) is 0 Å². The fourth-order valence-electron chi connectivity index (χ4n) is 0.370. The average Bonchev–Trinajstić information content (AvgIpc) is 1.74. The molecule has 0 bridgehead atoms. The minimum absolute atomic E-state index is 0.342. The Kier molecular flexibility index (Phi) is 6.97. The molecular weight excluding hydrogens is 256 g/mol. The number of amides is 2. The quantitative estimate of drug-likeness (QED) is 0.559. The molecule has 0 aromatic rings. The molecule has 2 amide bonds. The lowest BCUT2D eigenvalue weighted by Crippen LogP contribution is -2.47. The number of nitrogens with two attached hydrogens (primary N) is 1. The Balaban J connectivity index is 0. The van der Waals surface area contributed by atoms with Gasteiger partial charge in [0.25, 0.3) is 0 Å². The first kappa shape index (κ1) is 18.4. The van der Waals surface area contributed by atoms with Crippen LogP contribution in [0.5, 0.6) is 0 Å². The van der Waals surface area contributed by atoms with Gasteiger partial charge in [-0.2, -0.15) is 11.1 Å². The third-order valence-electron chi connectivity index (χ3n) is 2.28. The van der Waals surface area contributed by atoms with Crippen molar-refractivity contribution in [3.63, 3.8) is 0 Å². The van der Waals surface area contributed by atoms with Crippen molar-refractivity contribution in [1.29, 1.82) is 0 Å². The lowest BCUT2D eigenvalue weighted by atomic mass is 10.2. The summed E-state index contributed by atoms with van der Waals surface area (Å²) in [5.74, 6) is 0. The van der Waals surface area contributed by atoms with E-state index in [-0.39, 0.29) is 0 Å². The van der Waals surface area contributed by atoms with Crippen LogP contribution in [0.4, 0.5) is 4.79 Å². The number of carbonyl (C=O) groups excluding carboxylic acids is 1. The Hall–Kier alpha value is -0.00623. The number of carbonyl (C=O) groups is 1. The minimum atomic E-state index is -1.44. The summed E-state index contributed by atoms with van der Waals surface area (Å²) in [6.45, 7) is 17.0. The number of rotatable bonds is 1. The van der Waals surface area contributed by atoms with Crippen LogP contribution in [0.3, 0.4) is 0 Å². The highest BCUT2D eigenvalue weighted by atomic mass is 35.6. The van der Waals surface area contributed by atoms with Gasteiger partial charge in [-0.1, -0.05) is 53.5 Å². The molecule has 0 unspecified atom stereocenters. The number of halogens is 1. The van der Waals surface area contributed by atoms with Crippen molar-refractivity contribution in [2.45, 2.75) is 58.5 Å². The fourth-order valence-corrected chi connectivity index (χ4v) is 1.11. The van der Waals surface area contributed by atoms with Gasteiger partial charge < -0.3 is 10.7 Å². The third-order valence-corrected chi connectivity index (χ3v) is 8.55. The lowest BCUT2D eigenvalue weighted by Gasteiger charge is -2.29. The van der Waals surface area contributed by atoms with Crippen molar-refractivity contribution < 1.29 is 4.79 Å². The van der Waals surface area contributed by atoms with Crippen molar-refractivity contribution in [3.8, 4) is 0 Å². The van der Waals surface area contributed by atoms with Gasteiger partial charge in [0.15, 0.2) is 7.38 Å². The highest BCUT2D eigenvalue weighted by Gasteiger charge is 2.32. The second-order valence-electron chi connectivity index (χ2n) is 6.46. The maximum Gasteiger partial charge on any atom is 0.304 e. The van der Waals surface area contributed by atoms with Crippen LogP contribution in [-0.4, -0.2) is 21.7 Å². The molecule has 0 aliphatic carbocycles. The predicted molar refractivity (Wildman–Crippen MR) is 79.1 cm³/mol. The minimum Gasteiger partial charge on any atom is -0.365 e. The van der Waals surface area contributed by atoms with Gasteiger partial charge in [-0.3, -0.25) is 4.79 Å². The molecule has 0 aromatic heterocycles. The third kappa shape index (κ3) is 12.1. The Morgan fingerprint density at radius 2 is 1.38 bits per heavy atom. The molecule has 0 aliphatic heterocycles. The zero-order valence-corrected chi connectivity index (χ0v) is 14.6. The molecule has 0 heterocycles. The molecule has 0 atom stereocenters. The van der Waals surface area contributed by atoms with E-state index >= 15 is 0 Å². The average molecular weight is 283 g/mol. The van der Waals surface area contributed by atoms with E-state index in [1.165, 1.54) is 0 Å². The first-order valence-corrected chi connectivity index (χ1v) is 12.9. The summed E-state index contributed by atoms with van der Waals surface area (Å²) in [7, 11) is -2.83. The summed E-state index contributed by atoms with van der Waals surface area (Å²) in [4.78, 5) is 12.8. The van der Waals surface area contributed by atoms with Gasteiger partial charge in [-0.05, 0) is 5.04 Å². The normalized spacial score (nSPS) is 12.6. The van der Waals surface area contributed by atoms with E-state index in [0.29, 0.717) is 5.04 Å². The summed E-state index contributed by atoms with van der Waals surface area (Å²) in [6, 6.07) is -0.413. The standard InChI is InChI=1S/C6H15ClSi.C4H12N2OSi/c1-6(2,3)8(4,5)7;1-8(2,3)6-4(5)7/h1-5H3;1-3H3,(H3,5,6,7). The van der Waals surface area contributed by atoms with Gasteiger partial charge in [0.2, 0.25) is 0 Å². The molecule has 0 radical (unpaired) electrons. The van der Waals surface area contributed by atoms with Crippen LogP contribution in [0.1, 0.15) is 20.8 Å². The zero-order chi connectivity index (χ0) is 13.8. The van der Waals surface area contributed by atoms with Crippen LogP contribution in [0.25, 0.3) is 0 Å². The Labute approximate surface area is 107 Å². The van der Waals surface area contributed by atoms with Gasteiger partial charge in [0, 0.05) is 0 Å². The first-order chi connectivity index (χ1) is 6.67. The lowest BCUT2D eigenvalue weighted by molar-refractivity contribution is 0.253. The molecule has 16 heavy (non-hydrogen) atoms. The van der Waals surface area contributed by atoms with Gasteiger partial charge in [-0.25, -0.2) is 0 Å². The van der Waals surface area contributed by atoms with E-state index < -0.39 is 21.7 Å². The van der Waals surface area contributed by atoms with Crippen molar-refractivity contribution in [1.82, 2.24) is 4.98 Å². The summed E-state index contributed by atoms with van der Waals surface area (Å²) in [5, 5.41) is 0.342. The van der Waals surface area contributed by atoms with Crippen LogP contribution >= 0.6 is 11.1 Å². The number of urea groups is 1. The number of hydrogen-bond acceptors (Lipinski definition) is 1. The van der Waals surface area contributed by atoms with E-state index in [4.69, 9.17) is 16.8 Å². The number of nitrogens with one attached hydrogen (secondary N) is 1. The molecule has 3 nitrogen and oxygen atoms in total. The van der Waals surface area contributed by atoms with Crippen molar-refractivity contribution in [2.75, 3.05) is 0 Å². The summed E-state index contributed by atoms with van der Waals surface area (Å²) in [5.41, 5.74) is 4.86. The molecule has 0 aromatic carbocycles. The smallest absolute Gasteiger partial charge is 0.304 e. The Morgan fingerprint density at radius 3 is 1.38 bits per heavy atom. The van der Waals surface area contributed by atoms with E-state index in [1.54, 1.807) is 0 Å². The summed E-state index contributed by atoms with van der Waals surface area (Å²) >= 11 is 6.15. The van der Waals surface area contributed by atoms with E-state index in [2.05, 4.69) is 38.8 Å². The van der Waals surface area contributed by atoms with Crippen LogP contribution < -0.4 is 10.7 Å². The summed E-state index contributed by atoms with van der Waals surface area (Å²) < 4.78 is 0. The highest BCUT2D eigenvalue weighted by Crippen LogP contribution is 2.38. The summed E-state index contributed by atoms with van der Waals surface area (Å²) in [6.07, 6.45) is 0. The van der Waals surface area contributed by atoms with Crippen molar-refractivity contribution >= 4 is 32.7 Å². The van der Waals surface area contributed by atoms with Crippen LogP contribution in [0, 0.1) is 0 Å². The molecule has 0 spiro atoms. The number of hydrogen-bond donors (Lipinski definition) is 2. The Bertz CT molecular complexity index is 214. The second-order valence-corrected chi connectivity index (χ2v) is 18.5. The number of primary amides is 1. The predicted octanol–water partition coefficient (Wildman–Crippen LogP) is 3.72. The molecule has 0 fully saturated rings. The largest absolute Gasteiger partial charge is 0.365 e. The first-order valence-electron chi connectivity index (χ1n) is 5.43. The molecule has 98 valence electrons. The SMILES string of the molecule is CC(C)(C)[Si](C)(C)Cl.C[Si](C)(C)NC(N)=O. The topological polar surface area (TPSA) is 55.1 Å². The van der Waals surface area contributed by atoms with Crippen molar-refractivity contribution in [2.24, 2.45) is 5.73 Å². The second kappa shape index (κ2) is 6.07. The molecule has 3 N–H and O–H groups in total. The van der Waals surface area contributed by atoms with E-state index in [9.17, 15) is 4.79 Å². The van der Waals surface area contributed by atoms with Gasteiger partial charge in [0.1, 0.15) is 8.24 Å². The van der Waals surface area contributed by atoms with Crippen LogP contribution in [0.15, 0.2) is 0 Å². The van der Waals surface area contributed by atoms with E-state index in [1.807, 2.05) is 19.6 Å². The van der Waals surface area contributed by atoms with Crippen LogP contribution in [0.2, 0.25) is 37.8 Å². The highest BCUT2D eigenvalue weighted by molar-refractivity contribution is 7.20. The fraction of sp³-hybridized carbons (Fsp3) is 0.900. The van der Waals surface area contributed by atoms with Gasteiger partial charge in [0.05, 0.1) is 0 Å². The maximum atomic E-state index is 10.2. The van der Waals surface area contributed by atoms with E-state index in [0.717, 1.165) is 0 Å². The molecular formula is C10H27ClN2OSi2. The van der Waals surface area contributed by atoms with Crippen LogP contribution in [-0.2, 0) is 0 Å². The van der Waals surface area contributed by atoms with Gasteiger partial charge >= 0.3 is 6.03 Å². The maximum absolute atomic E-state index is 10.2. The molecule has 0 aliphatic rings. The zero-order valence-electron chi connectivity index (χ0n) is 11.9. The molecule has 0 rings (SSSR count). The Morgan fingerprint density at radius 1 is 1.12 bits per heavy atom.